The van der Waals surface area contributed by atoms with E-state index in [1.807, 2.05) is 30.8 Å². The summed E-state index contributed by atoms with van der Waals surface area (Å²) < 4.78 is 1.92. The molecule has 2 N–H and O–H groups in total. The molecule has 3 aromatic rings. The highest BCUT2D eigenvalue weighted by molar-refractivity contribution is 5.46. The number of nitrogens with one attached hydrogen (secondary N) is 2. The van der Waals surface area contributed by atoms with Crippen LogP contribution in [0.1, 0.15) is 22.5 Å². The minimum atomic E-state index is 0.777. The van der Waals surface area contributed by atoms with Crippen LogP contribution < -0.4 is 5.32 Å². The van der Waals surface area contributed by atoms with Gasteiger partial charge in [0.1, 0.15) is 0 Å². The molecular formula is C16H19N5. The van der Waals surface area contributed by atoms with Crippen molar-refractivity contribution >= 4 is 5.69 Å². The summed E-state index contributed by atoms with van der Waals surface area (Å²) in [4.78, 5) is 0. The minimum absolute atomic E-state index is 0.777. The summed E-state index contributed by atoms with van der Waals surface area (Å²) in [6, 6.07) is 10.4. The number of anilines is 1. The van der Waals surface area contributed by atoms with Gasteiger partial charge in [0.2, 0.25) is 0 Å². The zero-order valence-corrected chi connectivity index (χ0v) is 12.3. The highest BCUT2D eigenvalue weighted by Gasteiger charge is 2.06. The second-order valence-electron chi connectivity index (χ2n) is 5.17. The molecule has 0 spiro atoms. The van der Waals surface area contributed by atoms with Crippen molar-refractivity contribution < 1.29 is 0 Å². The number of aromatic amines is 1. The molecule has 0 saturated carbocycles. The molecule has 0 unspecified atom stereocenters. The lowest BCUT2D eigenvalue weighted by Gasteiger charge is -2.09. The van der Waals surface area contributed by atoms with Gasteiger partial charge in [-0.3, -0.25) is 9.78 Å². The Labute approximate surface area is 124 Å². The molecule has 0 amide bonds. The average molecular weight is 281 g/mol. The van der Waals surface area contributed by atoms with Crippen molar-refractivity contribution in [2.45, 2.75) is 26.9 Å². The van der Waals surface area contributed by atoms with Crippen LogP contribution in [0.2, 0.25) is 0 Å². The molecule has 0 radical (unpaired) electrons. The number of rotatable bonds is 5. The monoisotopic (exact) mass is 281 g/mol. The predicted octanol–water partition coefficient (Wildman–Crippen LogP) is 2.88. The topological polar surface area (TPSA) is 58.5 Å². The van der Waals surface area contributed by atoms with Crippen LogP contribution in [-0.2, 0) is 13.1 Å². The van der Waals surface area contributed by atoms with Crippen LogP contribution in [0, 0.1) is 13.8 Å². The summed E-state index contributed by atoms with van der Waals surface area (Å²) in [5, 5.41) is 14.9. The zero-order valence-electron chi connectivity index (χ0n) is 12.3. The van der Waals surface area contributed by atoms with E-state index >= 15 is 0 Å². The van der Waals surface area contributed by atoms with Gasteiger partial charge in [-0.15, -0.1) is 0 Å². The first-order valence-electron chi connectivity index (χ1n) is 7.03. The summed E-state index contributed by atoms with van der Waals surface area (Å²) in [5.74, 6) is 0. The van der Waals surface area contributed by atoms with Crippen molar-refractivity contribution in [2.75, 3.05) is 5.32 Å². The fraction of sp³-hybridized carbons (Fsp3) is 0.250. The van der Waals surface area contributed by atoms with E-state index in [1.54, 1.807) is 6.20 Å². The van der Waals surface area contributed by atoms with Gasteiger partial charge in [-0.2, -0.15) is 10.2 Å². The molecule has 5 heteroatoms. The van der Waals surface area contributed by atoms with Gasteiger partial charge in [0.05, 0.1) is 12.2 Å². The lowest BCUT2D eigenvalue weighted by atomic mass is 10.1. The molecule has 0 bridgehead atoms. The van der Waals surface area contributed by atoms with Crippen molar-refractivity contribution in [1.29, 1.82) is 0 Å². The third-order valence-electron chi connectivity index (χ3n) is 3.58. The van der Waals surface area contributed by atoms with E-state index in [2.05, 4.69) is 44.9 Å². The normalized spacial score (nSPS) is 10.8. The van der Waals surface area contributed by atoms with Crippen LogP contribution in [-0.4, -0.2) is 20.0 Å². The first kappa shape index (κ1) is 13.4. The fourth-order valence-corrected chi connectivity index (χ4v) is 2.39. The summed E-state index contributed by atoms with van der Waals surface area (Å²) in [7, 11) is 0. The Balaban J connectivity index is 1.69. The van der Waals surface area contributed by atoms with Crippen LogP contribution in [0.15, 0.2) is 42.7 Å². The second-order valence-corrected chi connectivity index (χ2v) is 5.17. The number of aromatic nitrogens is 4. The predicted molar refractivity (Wildman–Crippen MR) is 83.2 cm³/mol. The van der Waals surface area contributed by atoms with E-state index in [-0.39, 0.29) is 0 Å². The van der Waals surface area contributed by atoms with Crippen LogP contribution in [0.5, 0.6) is 0 Å². The second kappa shape index (κ2) is 5.83. The Bertz CT molecular complexity index is 693. The molecule has 0 aliphatic heterocycles. The number of nitrogens with zero attached hydrogens (tertiary/aromatic N) is 3. The number of benzene rings is 1. The van der Waals surface area contributed by atoms with E-state index in [0.29, 0.717) is 0 Å². The molecule has 1 aromatic carbocycles. The van der Waals surface area contributed by atoms with Gasteiger partial charge in [-0.25, -0.2) is 0 Å². The Kier molecular flexibility index (Phi) is 3.73. The SMILES string of the molecule is Cc1n[nH]c(C)c1CNc1cccc(Cn2cccn2)c1. The van der Waals surface area contributed by atoms with Gasteiger partial charge in [-0.05, 0) is 37.6 Å². The summed E-state index contributed by atoms with van der Waals surface area (Å²) in [6.45, 7) is 5.63. The van der Waals surface area contributed by atoms with Gasteiger partial charge in [0.25, 0.3) is 0 Å². The average Bonchev–Trinajstić information content (AvgIpc) is 3.09. The highest BCUT2D eigenvalue weighted by atomic mass is 15.3. The maximum atomic E-state index is 4.23. The van der Waals surface area contributed by atoms with Crippen LogP contribution in [0.4, 0.5) is 5.69 Å². The Morgan fingerprint density at radius 3 is 2.86 bits per heavy atom. The van der Waals surface area contributed by atoms with E-state index in [1.165, 1.54) is 11.1 Å². The first-order chi connectivity index (χ1) is 10.2. The van der Waals surface area contributed by atoms with E-state index < -0.39 is 0 Å². The summed E-state index contributed by atoms with van der Waals surface area (Å²) in [5.41, 5.74) is 5.73. The molecule has 0 aliphatic rings. The highest BCUT2D eigenvalue weighted by Crippen LogP contribution is 2.15. The van der Waals surface area contributed by atoms with E-state index in [9.17, 15) is 0 Å². The van der Waals surface area contributed by atoms with Crippen molar-refractivity contribution in [3.8, 4) is 0 Å². The Hall–Kier alpha value is -2.56. The molecule has 108 valence electrons. The van der Waals surface area contributed by atoms with Crippen LogP contribution in [0.3, 0.4) is 0 Å². The standard InChI is InChI=1S/C16H19N5/c1-12-16(13(2)20-19-12)10-17-15-6-3-5-14(9-15)11-21-8-4-7-18-21/h3-9,17H,10-11H2,1-2H3,(H,19,20). The number of hydrogen-bond acceptors (Lipinski definition) is 3. The lowest BCUT2D eigenvalue weighted by molar-refractivity contribution is 0.687. The van der Waals surface area contributed by atoms with Crippen molar-refractivity contribution in [3.63, 3.8) is 0 Å². The Morgan fingerprint density at radius 1 is 1.24 bits per heavy atom. The molecule has 2 heterocycles. The van der Waals surface area contributed by atoms with Gasteiger partial charge >= 0.3 is 0 Å². The third-order valence-corrected chi connectivity index (χ3v) is 3.58. The molecule has 5 nitrogen and oxygen atoms in total. The largest absolute Gasteiger partial charge is 0.381 e. The van der Waals surface area contributed by atoms with Crippen molar-refractivity contribution in [3.05, 3.63) is 65.2 Å². The first-order valence-corrected chi connectivity index (χ1v) is 7.03. The van der Waals surface area contributed by atoms with Crippen LogP contribution >= 0.6 is 0 Å². The number of H-pyrrole nitrogens is 1. The third kappa shape index (κ3) is 3.13. The fourth-order valence-electron chi connectivity index (χ4n) is 2.39. The molecule has 3 rings (SSSR count). The van der Waals surface area contributed by atoms with E-state index in [4.69, 9.17) is 0 Å². The van der Waals surface area contributed by atoms with Crippen LogP contribution in [0.25, 0.3) is 0 Å². The van der Waals surface area contributed by atoms with Gasteiger partial charge in [-0.1, -0.05) is 12.1 Å². The zero-order chi connectivity index (χ0) is 14.7. The maximum Gasteiger partial charge on any atom is 0.0660 e. The summed E-state index contributed by atoms with van der Waals surface area (Å²) in [6.07, 6.45) is 3.77. The Morgan fingerprint density at radius 2 is 2.14 bits per heavy atom. The van der Waals surface area contributed by atoms with E-state index in [0.717, 1.165) is 30.2 Å². The molecule has 0 fully saturated rings. The maximum absolute atomic E-state index is 4.23. The lowest BCUT2D eigenvalue weighted by Crippen LogP contribution is -2.03. The summed E-state index contributed by atoms with van der Waals surface area (Å²) >= 11 is 0. The molecule has 0 saturated heterocycles. The molecule has 2 aromatic heterocycles. The van der Waals surface area contributed by atoms with Gasteiger partial charge < -0.3 is 5.32 Å². The van der Waals surface area contributed by atoms with Crippen molar-refractivity contribution in [2.24, 2.45) is 0 Å². The smallest absolute Gasteiger partial charge is 0.0660 e. The number of hydrogen-bond donors (Lipinski definition) is 2. The molecule has 0 atom stereocenters. The molecule has 0 aliphatic carbocycles. The molecular weight excluding hydrogens is 262 g/mol. The number of aryl methyl sites for hydroxylation is 2. The molecule has 21 heavy (non-hydrogen) atoms. The van der Waals surface area contributed by atoms with Gasteiger partial charge in [0, 0.05) is 35.9 Å². The van der Waals surface area contributed by atoms with Crippen molar-refractivity contribution in [1.82, 2.24) is 20.0 Å². The minimum Gasteiger partial charge on any atom is -0.381 e. The quantitative estimate of drug-likeness (QED) is 0.756. The van der Waals surface area contributed by atoms with Gasteiger partial charge in [0.15, 0.2) is 0 Å².